The van der Waals surface area contributed by atoms with Crippen molar-refractivity contribution in [2.24, 2.45) is 5.92 Å². The Hall–Kier alpha value is -1.10. The molecule has 0 aromatic heterocycles. The number of amides is 1. The molecule has 1 amide bonds. The first-order valence-corrected chi connectivity index (χ1v) is 6.75. The van der Waals surface area contributed by atoms with E-state index < -0.39 is 11.5 Å². The number of likely N-dealkylation sites (tertiary alicyclic amines) is 1. The van der Waals surface area contributed by atoms with Crippen LogP contribution in [-0.4, -0.2) is 47.6 Å². The SMILES string of the molecule is CN1CCC(CCC(=O)NC2(C(=O)O)CC2)CC1. The normalized spacial score (nSPS) is 23.6. The Morgan fingerprint density at radius 2 is 1.94 bits per heavy atom. The van der Waals surface area contributed by atoms with Gasteiger partial charge in [-0.2, -0.15) is 0 Å². The number of nitrogens with one attached hydrogen (secondary N) is 1. The van der Waals surface area contributed by atoms with Crippen LogP contribution in [0.1, 0.15) is 38.5 Å². The van der Waals surface area contributed by atoms with Crippen LogP contribution in [0.15, 0.2) is 0 Å². The van der Waals surface area contributed by atoms with Gasteiger partial charge in [0.2, 0.25) is 5.91 Å². The molecule has 0 aromatic rings. The van der Waals surface area contributed by atoms with E-state index >= 15 is 0 Å². The molecule has 0 spiro atoms. The number of aliphatic carboxylic acids is 1. The van der Waals surface area contributed by atoms with E-state index in [1.807, 2.05) is 0 Å². The summed E-state index contributed by atoms with van der Waals surface area (Å²) >= 11 is 0. The van der Waals surface area contributed by atoms with Gasteiger partial charge in [-0.05, 0) is 58.2 Å². The minimum atomic E-state index is -0.927. The van der Waals surface area contributed by atoms with Crippen LogP contribution in [0.3, 0.4) is 0 Å². The van der Waals surface area contributed by atoms with Gasteiger partial charge in [0.25, 0.3) is 0 Å². The molecule has 5 nitrogen and oxygen atoms in total. The van der Waals surface area contributed by atoms with Crippen molar-refractivity contribution in [3.8, 4) is 0 Å². The standard InChI is InChI=1S/C13H22N2O3/c1-15-8-4-10(5-9-15)2-3-11(16)14-13(6-7-13)12(17)18/h10H,2-9H2,1H3,(H,14,16)(H,17,18). The molecule has 0 atom stereocenters. The molecular weight excluding hydrogens is 232 g/mol. The van der Waals surface area contributed by atoms with Gasteiger partial charge in [-0.15, -0.1) is 0 Å². The van der Waals surface area contributed by atoms with Crippen molar-refractivity contribution in [2.75, 3.05) is 20.1 Å². The average molecular weight is 254 g/mol. The first-order valence-electron chi connectivity index (χ1n) is 6.75. The summed E-state index contributed by atoms with van der Waals surface area (Å²) in [4.78, 5) is 25.0. The summed E-state index contributed by atoms with van der Waals surface area (Å²) in [6.45, 7) is 2.21. The summed E-state index contributed by atoms with van der Waals surface area (Å²) in [5.41, 5.74) is -0.927. The molecule has 0 aromatic carbocycles. The number of hydrogen-bond acceptors (Lipinski definition) is 3. The summed E-state index contributed by atoms with van der Waals surface area (Å²) in [5, 5.41) is 11.6. The lowest BCUT2D eigenvalue weighted by Gasteiger charge is -2.28. The first-order chi connectivity index (χ1) is 8.52. The highest BCUT2D eigenvalue weighted by Gasteiger charge is 2.51. The van der Waals surface area contributed by atoms with Gasteiger partial charge < -0.3 is 15.3 Å². The number of piperidine rings is 1. The van der Waals surface area contributed by atoms with E-state index in [9.17, 15) is 9.59 Å². The van der Waals surface area contributed by atoms with Crippen molar-refractivity contribution >= 4 is 11.9 Å². The molecule has 102 valence electrons. The minimum absolute atomic E-state index is 0.103. The molecular formula is C13H22N2O3. The van der Waals surface area contributed by atoms with E-state index in [1.165, 1.54) is 0 Å². The molecule has 1 saturated carbocycles. The van der Waals surface area contributed by atoms with Gasteiger partial charge >= 0.3 is 5.97 Å². The predicted octanol–water partition coefficient (Wildman–Crippen LogP) is 0.842. The van der Waals surface area contributed by atoms with E-state index in [0.29, 0.717) is 25.2 Å². The molecule has 18 heavy (non-hydrogen) atoms. The number of carbonyl (C=O) groups excluding carboxylic acids is 1. The number of nitrogens with zero attached hydrogens (tertiary/aromatic N) is 1. The molecule has 2 N–H and O–H groups in total. The minimum Gasteiger partial charge on any atom is -0.480 e. The first kappa shape index (κ1) is 13.3. The second kappa shape index (κ2) is 5.26. The fraction of sp³-hybridized carbons (Fsp3) is 0.846. The van der Waals surface area contributed by atoms with E-state index in [4.69, 9.17) is 5.11 Å². The lowest BCUT2D eigenvalue weighted by atomic mass is 9.92. The quantitative estimate of drug-likeness (QED) is 0.763. The monoisotopic (exact) mass is 254 g/mol. The van der Waals surface area contributed by atoms with Crippen molar-refractivity contribution in [1.29, 1.82) is 0 Å². The third kappa shape index (κ3) is 3.22. The van der Waals surface area contributed by atoms with Crippen LogP contribution in [0.5, 0.6) is 0 Å². The molecule has 5 heteroatoms. The van der Waals surface area contributed by atoms with Gasteiger partial charge in [0.05, 0.1) is 0 Å². The number of hydrogen-bond donors (Lipinski definition) is 2. The van der Waals surface area contributed by atoms with Crippen LogP contribution in [-0.2, 0) is 9.59 Å². The van der Waals surface area contributed by atoms with Crippen molar-refractivity contribution in [3.63, 3.8) is 0 Å². The van der Waals surface area contributed by atoms with Crippen LogP contribution in [0, 0.1) is 5.92 Å². The highest BCUT2D eigenvalue weighted by atomic mass is 16.4. The number of carbonyl (C=O) groups is 2. The molecule has 1 aliphatic carbocycles. The van der Waals surface area contributed by atoms with E-state index in [1.54, 1.807) is 0 Å². The van der Waals surface area contributed by atoms with Gasteiger partial charge in [0.1, 0.15) is 5.54 Å². The molecule has 0 unspecified atom stereocenters. The Balaban J connectivity index is 1.68. The zero-order chi connectivity index (χ0) is 13.2. The summed E-state index contributed by atoms with van der Waals surface area (Å²) in [6, 6.07) is 0. The number of rotatable bonds is 5. The second-order valence-electron chi connectivity index (χ2n) is 5.72. The van der Waals surface area contributed by atoms with Gasteiger partial charge in [0, 0.05) is 6.42 Å². The van der Waals surface area contributed by atoms with Gasteiger partial charge in [-0.25, -0.2) is 4.79 Å². The fourth-order valence-corrected chi connectivity index (χ4v) is 2.53. The third-order valence-corrected chi connectivity index (χ3v) is 4.16. The van der Waals surface area contributed by atoms with Crippen molar-refractivity contribution in [2.45, 2.75) is 44.1 Å². The molecule has 1 aliphatic heterocycles. The highest BCUT2D eigenvalue weighted by molar-refractivity contribution is 5.89. The average Bonchev–Trinajstić information content (AvgIpc) is 3.09. The Labute approximate surface area is 108 Å². The van der Waals surface area contributed by atoms with Crippen molar-refractivity contribution < 1.29 is 14.7 Å². The van der Waals surface area contributed by atoms with Crippen molar-refractivity contribution in [3.05, 3.63) is 0 Å². The maximum atomic E-state index is 11.7. The van der Waals surface area contributed by atoms with E-state index in [2.05, 4.69) is 17.3 Å². The Morgan fingerprint density at radius 3 is 2.44 bits per heavy atom. The maximum Gasteiger partial charge on any atom is 0.329 e. The largest absolute Gasteiger partial charge is 0.480 e. The molecule has 0 bridgehead atoms. The van der Waals surface area contributed by atoms with Crippen LogP contribution in [0.25, 0.3) is 0 Å². The Morgan fingerprint density at radius 1 is 1.33 bits per heavy atom. The molecule has 2 fully saturated rings. The fourth-order valence-electron chi connectivity index (χ4n) is 2.53. The zero-order valence-electron chi connectivity index (χ0n) is 10.9. The topological polar surface area (TPSA) is 69.6 Å². The molecule has 2 rings (SSSR count). The van der Waals surface area contributed by atoms with Gasteiger partial charge in [-0.3, -0.25) is 4.79 Å². The zero-order valence-corrected chi connectivity index (χ0v) is 10.9. The lowest BCUT2D eigenvalue weighted by Crippen LogP contribution is -2.43. The Kier molecular flexibility index (Phi) is 3.90. The van der Waals surface area contributed by atoms with Crippen LogP contribution < -0.4 is 5.32 Å². The summed E-state index contributed by atoms with van der Waals surface area (Å²) in [5.74, 6) is -0.379. The molecule has 1 saturated heterocycles. The van der Waals surface area contributed by atoms with Crippen molar-refractivity contribution in [1.82, 2.24) is 10.2 Å². The van der Waals surface area contributed by atoms with Crippen LogP contribution in [0.2, 0.25) is 0 Å². The number of carboxylic acids is 1. The van der Waals surface area contributed by atoms with Crippen LogP contribution in [0.4, 0.5) is 0 Å². The molecule has 1 heterocycles. The molecule has 2 aliphatic rings. The Bertz CT molecular complexity index is 331. The van der Waals surface area contributed by atoms with Gasteiger partial charge in [0.15, 0.2) is 0 Å². The molecule has 0 radical (unpaired) electrons. The van der Waals surface area contributed by atoms with E-state index in [0.717, 1.165) is 32.4 Å². The lowest BCUT2D eigenvalue weighted by molar-refractivity contribution is -0.143. The predicted molar refractivity (Wildman–Crippen MR) is 67.2 cm³/mol. The summed E-state index contributed by atoms with van der Waals surface area (Å²) < 4.78 is 0. The highest BCUT2D eigenvalue weighted by Crippen LogP contribution is 2.35. The second-order valence-corrected chi connectivity index (χ2v) is 5.72. The van der Waals surface area contributed by atoms with Gasteiger partial charge in [-0.1, -0.05) is 0 Å². The third-order valence-electron chi connectivity index (χ3n) is 4.16. The number of carboxylic acid groups (broad SMARTS) is 1. The smallest absolute Gasteiger partial charge is 0.329 e. The summed E-state index contributed by atoms with van der Waals surface area (Å²) in [6.07, 6.45) is 4.78. The summed E-state index contributed by atoms with van der Waals surface area (Å²) in [7, 11) is 2.12. The van der Waals surface area contributed by atoms with Crippen LogP contribution >= 0.6 is 0 Å². The maximum absolute atomic E-state index is 11.7. The van der Waals surface area contributed by atoms with E-state index in [-0.39, 0.29) is 5.91 Å².